The van der Waals surface area contributed by atoms with Gasteiger partial charge in [0, 0.05) is 5.39 Å². The Kier molecular flexibility index (Phi) is 8.31. The molecule has 8 heteroatoms. The maximum absolute atomic E-state index is 13.1. The summed E-state index contributed by atoms with van der Waals surface area (Å²) in [4.78, 5) is 18.0. The van der Waals surface area contributed by atoms with E-state index >= 15 is 0 Å². The first-order valence-corrected chi connectivity index (χ1v) is 14.9. The van der Waals surface area contributed by atoms with Crippen molar-refractivity contribution in [2.24, 2.45) is 0 Å². The fourth-order valence-electron chi connectivity index (χ4n) is 4.53. The quantitative estimate of drug-likeness (QED) is 0.210. The van der Waals surface area contributed by atoms with Gasteiger partial charge in [0.15, 0.2) is 9.84 Å². The second-order valence-electron chi connectivity index (χ2n) is 9.82. The number of benzene rings is 4. The van der Waals surface area contributed by atoms with Gasteiger partial charge in [-0.15, -0.1) is 0 Å². The smallest absolute Gasteiger partial charge is 0.255 e. The minimum absolute atomic E-state index is 0.105. The lowest BCUT2D eigenvalue weighted by molar-refractivity contribution is 0.0933. The molecule has 0 saturated carbocycles. The maximum atomic E-state index is 13.1. The predicted molar refractivity (Wildman–Crippen MR) is 159 cm³/mol. The molecular formula is C33H30N2O5S. The summed E-state index contributed by atoms with van der Waals surface area (Å²) in [5.74, 6) is -0.294. The van der Waals surface area contributed by atoms with Gasteiger partial charge in [0.2, 0.25) is 0 Å². The normalized spacial score (nSPS) is 12.1. The zero-order chi connectivity index (χ0) is 28.8. The van der Waals surface area contributed by atoms with E-state index in [1.807, 2.05) is 49.4 Å². The van der Waals surface area contributed by atoms with Crippen LogP contribution in [-0.4, -0.2) is 30.2 Å². The van der Waals surface area contributed by atoms with E-state index in [0.717, 1.165) is 22.2 Å². The summed E-state index contributed by atoms with van der Waals surface area (Å²) in [6.07, 6.45) is 0.116. The van der Waals surface area contributed by atoms with Gasteiger partial charge in [-0.2, -0.15) is 0 Å². The van der Waals surface area contributed by atoms with Crippen LogP contribution in [0, 0.1) is 6.92 Å². The van der Waals surface area contributed by atoms with E-state index in [0.29, 0.717) is 11.3 Å². The molecule has 1 unspecified atom stereocenters. The molecule has 0 radical (unpaired) electrons. The van der Waals surface area contributed by atoms with Gasteiger partial charge in [0.1, 0.15) is 18.1 Å². The molecule has 208 valence electrons. The van der Waals surface area contributed by atoms with Crippen LogP contribution in [0.3, 0.4) is 0 Å². The molecule has 1 amide bonds. The van der Waals surface area contributed by atoms with Crippen molar-refractivity contribution in [3.8, 4) is 11.5 Å². The number of carbonyl (C=O) groups excluding carboxylic acids is 1. The van der Waals surface area contributed by atoms with Crippen LogP contribution in [0.15, 0.2) is 114 Å². The van der Waals surface area contributed by atoms with Crippen LogP contribution in [0.1, 0.15) is 39.6 Å². The lowest BCUT2D eigenvalue weighted by Gasteiger charge is -2.21. The van der Waals surface area contributed by atoms with Gasteiger partial charge >= 0.3 is 0 Å². The number of para-hydroxylation sites is 2. The first kappa shape index (κ1) is 27.9. The molecule has 1 heterocycles. The molecule has 1 atom stereocenters. The second-order valence-corrected chi connectivity index (χ2v) is 11.9. The summed E-state index contributed by atoms with van der Waals surface area (Å²) >= 11 is 0. The van der Waals surface area contributed by atoms with Crippen molar-refractivity contribution >= 4 is 26.6 Å². The van der Waals surface area contributed by atoms with E-state index < -0.39 is 21.8 Å². The second kappa shape index (κ2) is 12.2. The van der Waals surface area contributed by atoms with Crippen molar-refractivity contribution < 1.29 is 23.1 Å². The third-order valence-corrected chi connectivity index (χ3v) is 8.58. The Morgan fingerprint density at radius 2 is 1.66 bits per heavy atom. The van der Waals surface area contributed by atoms with Crippen molar-refractivity contribution in [3.63, 3.8) is 0 Å². The highest BCUT2D eigenvalue weighted by atomic mass is 32.2. The molecule has 0 spiro atoms. The predicted octanol–water partition coefficient (Wildman–Crippen LogP) is 6.16. The number of hydrogen-bond donors (Lipinski definition) is 2. The van der Waals surface area contributed by atoms with Crippen LogP contribution in [0.25, 0.3) is 10.9 Å². The van der Waals surface area contributed by atoms with Crippen LogP contribution in [-0.2, 0) is 16.4 Å². The van der Waals surface area contributed by atoms with E-state index in [1.165, 1.54) is 12.1 Å². The molecular weight excluding hydrogens is 536 g/mol. The largest absolute Gasteiger partial charge is 0.507 e. The Morgan fingerprint density at radius 3 is 2.46 bits per heavy atom. The number of pyridine rings is 1. The Balaban J connectivity index is 1.37. The molecule has 0 bridgehead atoms. The summed E-state index contributed by atoms with van der Waals surface area (Å²) in [5, 5.41) is 14.2. The number of phenols is 1. The topological polar surface area (TPSA) is 106 Å². The number of sulfone groups is 1. The summed E-state index contributed by atoms with van der Waals surface area (Å²) in [5.41, 5.74) is 3.39. The number of nitrogens with one attached hydrogen (secondary N) is 1. The zero-order valence-corrected chi connectivity index (χ0v) is 23.3. The summed E-state index contributed by atoms with van der Waals surface area (Å²) in [6, 6.07) is 31.2. The van der Waals surface area contributed by atoms with Gasteiger partial charge in [-0.1, -0.05) is 66.2 Å². The van der Waals surface area contributed by atoms with Crippen molar-refractivity contribution in [1.29, 1.82) is 0 Å². The number of fused-ring (bicyclic) bond motifs is 1. The Hall–Kier alpha value is -4.69. The third-order valence-electron chi connectivity index (χ3n) is 6.81. The van der Waals surface area contributed by atoms with E-state index in [2.05, 4.69) is 10.3 Å². The van der Waals surface area contributed by atoms with Gasteiger partial charge < -0.3 is 15.2 Å². The molecule has 0 aliphatic heterocycles. The number of aromatic nitrogens is 1. The maximum Gasteiger partial charge on any atom is 0.255 e. The number of amides is 1. The number of nitrogens with zero attached hydrogens (tertiary/aromatic N) is 1. The number of ether oxygens (including phenoxy) is 1. The van der Waals surface area contributed by atoms with Crippen LogP contribution >= 0.6 is 0 Å². The van der Waals surface area contributed by atoms with E-state index in [9.17, 15) is 18.3 Å². The fraction of sp³-hybridized carbons (Fsp3) is 0.152. The summed E-state index contributed by atoms with van der Waals surface area (Å²) < 4.78 is 32.3. The van der Waals surface area contributed by atoms with Crippen molar-refractivity contribution in [3.05, 3.63) is 132 Å². The Bertz CT molecular complexity index is 1790. The van der Waals surface area contributed by atoms with Gasteiger partial charge in [-0.25, -0.2) is 13.4 Å². The van der Waals surface area contributed by atoms with Crippen LogP contribution in [0.5, 0.6) is 11.5 Å². The molecule has 0 aliphatic carbocycles. The SMILES string of the molecule is Cc1ccc(S(=O)(=O)CCC(NC(=O)c2ccccc2O)c2cccc(OCc3ccc4ccccc4n3)c2)cc1. The fourth-order valence-corrected chi connectivity index (χ4v) is 5.86. The minimum Gasteiger partial charge on any atom is -0.507 e. The average Bonchev–Trinajstić information content (AvgIpc) is 2.98. The van der Waals surface area contributed by atoms with Gasteiger partial charge in [0.05, 0.1) is 33.5 Å². The van der Waals surface area contributed by atoms with E-state index in [4.69, 9.17) is 4.74 Å². The molecule has 5 aromatic rings. The number of hydrogen-bond acceptors (Lipinski definition) is 6. The number of phenolic OH excluding ortho intramolecular Hbond substituents is 1. The summed E-state index contributed by atoms with van der Waals surface area (Å²) in [7, 11) is -3.60. The Morgan fingerprint density at radius 1 is 0.902 bits per heavy atom. The molecule has 0 saturated heterocycles. The van der Waals surface area contributed by atoms with E-state index in [-0.39, 0.29) is 35.0 Å². The highest BCUT2D eigenvalue weighted by molar-refractivity contribution is 7.91. The molecule has 5 rings (SSSR count). The lowest BCUT2D eigenvalue weighted by Crippen LogP contribution is -2.30. The molecule has 41 heavy (non-hydrogen) atoms. The molecule has 1 aromatic heterocycles. The number of aryl methyl sites for hydroxylation is 1. The van der Waals surface area contributed by atoms with Crippen LogP contribution in [0.2, 0.25) is 0 Å². The average molecular weight is 567 g/mol. The van der Waals surface area contributed by atoms with Crippen LogP contribution < -0.4 is 10.1 Å². The zero-order valence-electron chi connectivity index (χ0n) is 22.5. The van der Waals surface area contributed by atoms with E-state index in [1.54, 1.807) is 54.6 Å². The van der Waals surface area contributed by atoms with Crippen molar-refractivity contribution in [2.75, 3.05) is 5.75 Å². The van der Waals surface area contributed by atoms with Crippen molar-refractivity contribution in [2.45, 2.75) is 30.9 Å². The Labute approximate surface area is 239 Å². The van der Waals surface area contributed by atoms with Gasteiger partial charge in [-0.3, -0.25) is 4.79 Å². The molecule has 4 aromatic carbocycles. The first-order chi connectivity index (χ1) is 19.8. The number of carbonyl (C=O) groups is 1. The van der Waals surface area contributed by atoms with Crippen molar-refractivity contribution in [1.82, 2.24) is 10.3 Å². The van der Waals surface area contributed by atoms with Crippen LogP contribution in [0.4, 0.5) is 0 Å². The minimum atomic E-state index is -3.60. The standard InChI is InChI=1S/C33H30N2O5S/c1-23-13-17-28(18-14-23)41(38,39)20-19-31(35-33(37)29-10-3-5-12-32(29)36)25-8-6-9-27(21-25)40-22-26-16-15-24-7-2-4-11-30(24)34-26/h2-18,21,31,36H,19-20,22H2,1H3,(H,35,37). The highest BCUT2D eigenvalue weighted by Crippen LogP contribution is 2.26. The van der Waals surface area contributed by atoms with Gasteiger partial charge in [-0.05, 0) is 67.4 Å². The lowest BCUT2D eigenvalue weighted by atomic mass is 10.0. The highest BCUT2D eigenvalue weighted by Gasteiger charge is 2.22. The third kappa shape index (κ3) is 6.91. The molecule has 0 aliphatic rings. The first-order valence-electron chi connectivity index (χ1n) is 13.2. The molecule has 7 nitrogen and oxygen atoms in total. The van der Waals surface area contributed by atoms with Gasteiger partial charge in [0.25, 0.3) is 5.91 Å². The monoisotopic (exact) mass is 566 g/mol. The number of rotatable bonds is 10. The summed E-state index contributed by atoms with van der Waals surface area (Å²) in [6.45, 7) is 2.14. The molecule has 2 N–H and O–H groups in total. The number of aromatic hydroxyl groups is 1. The molecule has 0 fully saturated rings.